The summed E-state index contributed by atoms with van der Waals surface area (Å²) < 4.78 is 1.45. The molecule has 0 saturated carbocycles. The molecule has 2 aromatic carbocycles. The van der Waals surface area contributed by atoms with Crippen molar-refractivity contribution >= 4 is 57.6 Å². The number of piperazine rings is 1. The lowest BCUT2D eigenvalue weighted by molar-refractivity contribution is 0.0611. The van der Waals surface area contributed by atoms with Gasteiger partial charge in [0.15, 0.2) is 22.3 Å². The molecule has 13 heteroatoms. The third-order valence-electron chi connectivity index (χ3n) is 9.13. The van der Waals surface area contributed by atoms with Gasteiger partial charge in [-0.1, -0.05) is 53.9 Å². The quantitative estimate of drug-likeness (QED) is 0.250. The summed E-state index contributed by atoms with van der Waals surface area (Å²) in [4.78, 5) is 32.6. The molecule has 10 nitrogen and oxygen atoms in total. The van der Waals surface area contributed by atoms with Gasteiger partial charge in [0, 0.05) is 61.0 Å². The van der Waals surface area contributed by atoms with E-state index in [2.05, 4.69) is 49.0 Å². The number of piperidine rings is 1. The van der Waals surface area contributed by atoms with E-state index in [-0.39, 0.29) is 17.4 Å². The number of hydrogen-bond acceptors (Lipinski definition) is 8. The van der Waals surface area contributed by atoms with Crippen molar-refractivity contribution in [3.63, 3.8) is 0 Å². The van der Waals surface area contributed by atoms with Crippen molar-refractivity contribution in [2.24, 2.45) is 0 Å². The van der Waals surface area contributed by atoms with Crippen LogP contribution in [0.2, 0.25) is 15.2 Å². The summed E-state index contributed by atoms with van der Waals surface area (Å²) in [6.45, 7) is 7.86. The van der Waals surface area contributed by atoms with Gasteiger partial charge in [0.05, 0.1) is 18.2 Å². The maximum atomic E-state index is 12.9. The van der Waals surface area contributed by atoms with Crippen LogP contribution >= 0.6 is 34.8 Å². The van der Waals surface area contributed by atoms with Gasteiger partial charge in [0.2, 0.25) is 0 Å². The summed E-state index contributed by atoms with van der Waals surface area (Å²) in [5.74, 6) is 0.581. The Hall–Kier alpha value is -3.33. The van der Waals surface area contributed by atoms with Crippen molar-refractivity contribution in [3.05, 3.63) is 78.8 Å². The minimum absolute atomic E-state index is 0.148. The number of anilines is 2. The van der Waals surface area contributed by atoms with Crippen molar-refractivity contribution in [1.29, 1.82) is 5.26 Å². The van der Waals surface area contributed by atoms with Gasteiger partial charge in [-0.3, -0.25) is 19.4 Å². The zero-order chi connectivity index (χ0) is 31.7. The number of benzene rings is 2. The Morgan fingerprint density at radius 2 is 1.73 bits per heavy atom. The summed E-state index contributed by atoms with van der Waals surface area (Å²) in [6, 6.07) is 14.1. The van der Waals surface area contributed by atoms with Crippen molar-refractivity contribution in [2.75, 3.05) is 50.0 Å². The maximum Gasteiger partial charge on any atom is 0.329 e. The molecule has 4 aromatic rings. The van der Waals surface area contributed by atoms with E-state index >= 15 is 0 Å². The number of nitrogens with zero attached hydrogens (tertiary/aromatic N) is 7. The minimum atomic E-state index is -0.363. The Bertz CT molecular complexity index is 1790. The Kier molecular flexibility index (Phi) is 9.54. The second kappa shape index (κ2) is 13.6. The van der Waals surface area contributed by atoms with Crippen LogP contribution < -0.4 is 15.9 Å². The zero-order valence-electron chi connectivity index (χ0n) is 25.4. The lowest BCUT2D eigenvalue weighted by Gasteiger charge is -2.47. The van der Waals surface area contributed by atoms with Gasteiger partial charge in [-0.25, -0.2) is 14.8 Å². The predicted molar refractivity (Wildman–Crippen MR) is 181 cm³/mol. The lowest BCUT2D eigenvalue weighted by atomic mass is 9.97. The molecule has 2 aromatic heterocycles. The lowest BCUT2D eigenvalue weighted by Crippen LogP contribution is -2.58. The molecule has 6 rings (SSSR count). The van der Waals surface area contributed by atoms with Crippen LogP contribution in [0.5, 0.6) is 0 Å². The van der Waals surface area contributed by atoms with Gasteiger partial charge in [-0.2, -0.15) is 5.26 Å². The molecule has 0 spiro atoms. The SMILES string of the molecule is CC[C@H]1CN(c2nc3[nH]c(=O)n(Cc4ccc(Cl)cc4C#N)c3nc2Cl)CCN1C1CCN(Cc2ccc(Cl)cc2NC)CC1. The van der Waals surface area contributed by atoms with Crippen LogP contribution in [0.25, 0.3) is 11.3 Å². The van der Waals surface area contributed by atoms with Crippen LogP contribution in [-0.4, -0.2) is 81.2 Å². The number of H-pyrrole nitrogens is 1. The van der Waals surface area contributed by atoms with Gasteiger partial charge in [0.1, 0.15) is 0 Å². The zero-order valence-corrected chi connectivity index (χ0v) is 27.6. The van der Waals surface area contributed by atoms with E-state index in [0.717, 1.165) is 69.2 Å². The maximum absolute atomic E-state index is 12.9. The summed E-state index contributed by atoms with van der Waals surface area (Å²) in [5.41, 5.74) is 3.77. The molecule has 2 saturated heterocycles. The van der Waals surface area contributed by atoms with Crippen LogP contribution in [0, 0.1) is 11.3 Å². The molecule has 2 N–H and O–H groups in total. The van der Waals surface area contributed by atoms with Gasteiger partial charge < -0.3 is 10.2 Å². The van der Waals surface area contributed by atoms with Gasteiger partial charge in [-0.05, 0) is 67.7 Å². The van der Waals surface area contributed by atoms with E-state index in [1.165, 1.54) is 10.1 Å². The molecule has 236 valence electrons. The Morgan fingerprint density at radius 3 is 2.44 bits per heavy atom. The number of halogens is 3. The minimum Gasteiger partial charge on any atom is -0.388 e. The van der Waals surface area contributed by atoms with Gasteiger partial charge in [-0.15, -0.1) is 0 Å². The summed E-state index contributed by atoms with van der Waals surface area (Å²) >= 11 is 19.0. The molecule has 0 radical (unpaired) electrons. The fourth-order valence-corrected chi connectivity index (χ4v) is 7.31. The fraction of sp³-hybridized carbons (Fsp3) is 0.438. The molecule has 0 amide bonds. The van der Waals surface area contributed by atoms with Gasteiger partial charge in [0.25, 0.3) is 0 Å². The Morgan fingerprint density at radius 1 is 1.00 bits per heavy atom. The number of nitriles is 1. The monoisotopic (exact) mass is 667 g/mol. The van der Waals surface area contributed by atoms with E-state index < -0.39 is 0 Å². The molecule has 45 heavy (non-hydrogen) atoms. The van der Waals surface area contributed by atoms with E-state index in [4.69, 9.17) is 39.8 Å². The highest BCUT2D eigenvalue weighted by Crippen LogP contribution is 2.30. The van der Waals surface area contributed by atoms with Crippen LogP contribution in [0.4, 0.5) is 11.5 Å². The van der Waals surface area contributed by atoms with Crippen molar-refractivity contribution in [1.82, 2.24) is 29.3 Å². The number of aromatic amines is 1. The first kappa shape index (κ1) is 31.6. The van der Waals surface area contributed by atoms with E-state index in [0.29, 0.717) is 45.3 Å². The highest BCUT2D eigenvalue weighted by molar-refractivity contribution is 6.32. The summed E-state index contributed by atoms with van der Waals surface area (Å²) in [5, 5.41) is 14.3. The first-order valence-electron chi connectivity index (χ1n) is 15.3. The average molecular weight is 669 g/mol. The first-order valence-corrected chi connectivity index (χ1v) is 16.4. The smallest absolute Gasteiger partial charge is 0.329 e. The molecule has 4 heterocycles. The fourth-order valence-electron chi connectivity index (χ4n) is 6.72. The van der Waals surface area contributed by atoms with E-state index in [9.17, 15) is 10.1 Å². The van der Waals surface area contributed by atoms with Crippen molar-refractivity contribution in [3.8, 4) is 6.07 Å². The molecule has 2 fully saturated rings. The van der Waals surface area contributed by atoms with Crippen LogP contribution in [0.1, 0.15) is 42.9 Å². The third kappa shape index (κ3) is 6.64. The van der Waals surface area contributed by atoms with Crippen LogP contribution in [-0.2, 0) is 13.1 Å². The van der Waals surface area contributed by atoms with Crippen molar-refractivity contribution < 1.29 is 0 Å². The first-order chi connectivity index (χ1) is 21.8. The topological polar surface area (TPSA) is 109 Å². The molecular weight excluding hydrogens is 633 g/mol. The molecule has 0 bridgehead atoms. The second-order valence-corrected chi connectivity index (χ2v) is 13.0. The Balaban J connectivity index is 1.13. The molecule has 1 atom stereocenters. The largest absolute Gasteiger partial charge is 0.388 e. The third-order valence-corrected chi connectivity index (χ3v) is 9.85. The molecular formula is C32H36Cl3N9O. The van der Waals surface area contributed by atoms with Crippen LogP contribution in [0.3, 0.4) is 0 Å². The number of fused-ring (bicyclic) bond motifs is 1. The molecule has 2 aliphatic rings. The van der Waals surface area contributed by atoms with Crippen LogP contribution in [0.15, 0.2) is 41.2 Å². The average Bonchev–Trinajstić information content (AvgIpc) is 3.35. The molecule has 2 aliphatic heterocycles. The normalized spacial score (nSPS) is 18.4. The number of aromatic nitrogens is 4. The van der Waals surface area contributed by atoms with E-state index in [1.54, 1.807) is 18.2 Å². The second-order valence-electron chi connectivity index (χ2n) is 11.7. The number of nitrogens with one attached hydrogen (secondary N) is 2. The number of rotatable bonds is 8. The molecule has 0 unspecified atom stereocenters. The Labute approximate surface area is 277 Å². The highest BCUT2D eigenvalue weighted by Gasteiger charge is 2.34. The van der Waals surface area contributed by atoms with Gasteiger partial charge >= 0.3 is 5.69 Å². The number of likely N-dealkylation sites (tertiary alicyclic amines) is 1. The number of hydrogen-bond donors (Lipinski definition) is 2. The number of imidazole rings is 1. The van der Waals surface area contributed by atoms with E-state index in [1.807, 2.05) is 19.2 Å². The summed E-state index contributed by atoms with van der Waals surface area (Å²) in [6.07, 6.45) is 3.26. The summed E-state index contributed by atoms with van der Waals surface area (Å²) in [7, 11) is 1.94. The molecule has 0 aliphatic carbocycles. The predicted octanol–water partition coefficient (Wildman–Crippen LogP) is 5.61. The standard InChI is InChI=1S/C32H36Cl3N9O/c1-3-25-19-42(12-13-43(25)26-8-10-41(11-9-26)17-21-5-7-24(34)15-27(21)37-2)30-28(35)38-31-29(39-30)40-32(45)44(31)18-20-4-6-23(33)14-22(20)16-36/h4-7,14-15,25-26,37H,3,8-13,17-19H2,1-2H3,(H,39,40,45)/t25-/m0/s1. The van der Waals surface area contributed by atoms with Crippen molar-refractivity contribution in [2.45, 2.75) is 51.4 Å². The highest BCUT2D eigenvalue weighted by atomic mass is 35.5.